The number of nitrogens with zero attached hydrogens (tertiary/aromatic N) is 1. The fourth-order valence-electron chi connectivity index (χ4n) is 4.89. The first-order valence-electron chi connectivity index (χ1n) is 8.28. The summed E-state index contributed by atoms with van der Waals surface area (Å²) < 4.78 is 0. The van der Waals surface area contributed by atoms with Crippen LogP contribution < -0.4 is 0 Å². The molecule has 1 unspecified atom stereocenters. The Labute approximate surface area is 113 Å². The first-order chi connectivity index (χ1) is 8.54. The Balaban J connectivity index is 1.57. The topological polar surface area (TPSA) is 3.24 Å². The quantitative estimate of drug-likeness (QED) is 0.669. The van der Waals surface area contributed by atoms with E-state index in [1.165, 1.54) is 45.2 Å². The van der Waals surface area contributed by atoms with Gasteiger partial charge >= 0.3 is 0 Å². The van der Waals surface area contributed by atoms with Gasteiger partial charge in [-0.15, -0.1) is 0 Å². The lowest BCUT2D eigenvalue weighted by atomic mass is 9.66. The van der Waals surface area contributed by atoms with Gasteiger partial charge in [-0.25, -0.2) is 0 Å². The third kappa shape index (κ3) is 2.48. The van der Waals surface area contributed by atoms with Gasteiger partial charge in [-0.1, -0.05) is 33.6 Å². The lowest BCUT2D eigenvalue weighted by Gasteiger charge is -2.50. The van der Waals surface area contributed by atoms with Crippen LogP contribution in [0.1, 0.15) is 65.7 Å². The van der Waals surface area contributed by atoms with Gasteiger partial charge in [0.15, 0.2) is 0 Å². The highest BCUT2D eigenvalue weighted by Crippen LogP contribution is 2.45. The van der Waals surface area contributed by atoms with E-state index < -0.39 is 0 Å². The normalized spacial score (nSPS) is 39.2. The highest BCUT2D eigenvalue weighted by Gasteiger charge is 2.40. The maximum absolute atomic E-state index is 2.87. The second-order valence-corrected chi connectivity index (χ2v) is 8.26. The summed E-state index contributed by atoms with van der Waals surface area (Å²) in [5.74, 6) is 3.09. The zero-order valence-electron chi connectivity index (χ0n) is 12.6. The molecule has 18 heavy (non-hydrogen) atoms. The molecule has 0 radical (unpaired) electrons. The largest absolute Gasteiger partial charge is 0.300 e. The molecule has 3 saturated carbocycles. The van der Waals surface area contributed by atoms with Crippen molar-refractivity contribution in [2.75, 3.05) is 13.1 Å². The number of likely N-dealkylation sites (tertiary alicyclic amines) is 1. The van der Waals surface area contributed by atoms with E-state index in [-0.39, 0.29) is 0 Å². The Hall–Kier alpha value is -0.0400. The number of hydrogen-bond donors (Lipinski definition) is 0. The van der Waals surface area contributed by atoms with Gasteiger partial charge in [0.2, 0.25) is 0 Å². The van der Waals surface area contributed by atoms with Gasteiger partial charge < -0.3 is 4.90 Å². The molecule has 0 N–H and O–H groups in total. The molecular formula is C17H31N. The minimum absolute atomic E-state index is 0.525. The Morgan fingerprint density at radius 1 is 0.833 bits per heavy atom. The fraction of sp³-hybridized carbons (Fsp3) is 1.00. The maximum atomic E-state index is 2.87. The third-order valence-electron chi connectivity index (χ3n) is 6.23. The van der Waals surface area contributed by atoms with Crippen LogP contribution in [-0.4, -0.2) is 24.0 Å². The molecule has 0 aromatic rings. The predicted molar refractivity (Wildman–Crippen MR) is 77.6 cm³/mol. The van der Waals surface area contributed by atoms with Crippen molar-refractivity contribution < 1.29 is 0 Å². The molecule has 4 fully saturated rings. The molecule has 2 bridgehead atoms. The molecule has 1 aliphatic heterocycles. The predicted octanol–water partition coefficient (Wildman–Crippen LogP) is 4.32. The van der Waals surface area contributed by atoms with Gasteiger partial charge in [-0.2, -0.15) is 0 Å². The van der Waals surface area contributed by atoms with Crippen LogP contribution >= 0.6 is 0 Å². The number of fused-ring (bicyclic) bond motifs is 3. The monoisotopic (exact) mass is 249 g/mol. The molecule has 1 heterocycles. The molecule has 1 nitrogen and oxygen atoms in total. The van der Waals surface area contributed by atoms with Crippen molar-refractivity contribution in [1.82, 2.24) is 4.90 Å². The SMILES string of the molecule is CC(C)(C)C1CCN(C2CC3CCC2CC3)CC1. The van der Waals surface area contributed by atoms with E-state index in [0.717, 1.165) is 23.8 Å². The van der Waals surface area contributed by atoms with Gasteiger partial charge in [-0.05, 0) is 68.4 Å². The molecule has 0 aromatic heterocycles. The van der Waals surface area contributed by atoms with Crippen molar-refractivity contribution in [1.29, 1.82) is 0 Å². The average molecular weight is 249 g/mol. The van der Waals surface area contributed by atoms with Crippen LogP contribution in [-0.2, 0) is 0 Å². The Morgan fingerprint density at radius 2 is 1.44 bits per heavy atom. The van der Waals surface area contributed by atoms with Crippen LogP contribution in [0.25, 0.3) is 0 Å². The van der Waals surface area contributed by atoms with Crippen molar-refractivity contribution >= 4 is 0 Å². The van der Waals surface area contributed by atoms with Crippen molar-refractivity contribution in [3.05, 3.63) is 0 Å². The Kier molecular flexibility index (Phi) is 3.47. The van der Waals surface area contributed by atoms with Crippen LogP contribution in [0.4, 0.5) is 0 Å². The second kappa shape index (κ2) is 4.81. The molecule has 1 heteroatoms. The van der Waals surface area contributed by atoms with E-state index in [1.807, 2.05) is 0 Å². The summed E-state index contributed by atoms with van der Waals surface area (Å²) in [5.41, 5.74) is 0.525. The van der Waals surface area contributed by atoms with Crippen molar-refractivity contribution in [3.63, 3.8) is 0 Å². The first-order valence-corrected chi connectivity index (χ1v) is 8.28. The summed E-state index contributed by atoms with van der Waals surface area (Å²) in [5, 5.41) is 0. The van der Waals surface area contributed by atoms with Gasteiger partial charge in [-0.3, -0.25) is 0 Å². The van der Waals surface area contributed by atoms with Crippen molar-refractivity contribution in [3.8, 4) is 0 Å². The lowest BCUT2D eigenvalue weighted by Crippen LogP contribution is -2.51. The zero-order chi connectivity index (χ0) is 12.8. The summed E-state index contributed by atoms with van der Waals surface area (Å²) in [6.07, 6.45) is 10.6. The van der Waals surface area contributed by atoms with Crippen LogP contribution in [0, 0.1) is 23.2 Å². The van der Waals surface area contributed by atoms with Crippen LogP contribution in [0.15, 0.2) is 0 Å². The number of rotatable bonds is 1. The smallest absolute Gasteiger partial charge is 0.0126 e. The third-order valence-corrected chi connectivity index (χ3v) is 6.23. The molecule has 0 aromatic carbocycles. The summed E-state index contributed by atoms with van der Waals surface area (Å²) in [6.45, 7) is 10.0. The van der Waals surface area contributed by atoms with E-state index in [4.69, 9.17) is 0 Å². The van der Waals surface area contributed by atoms with E-state index in [9.17, 15) is 0 Å². The van der Waals surface area contributed by atoms with Crippen LogP contribution in [0.2, 0.25) is 0 Å². The van der Waals surface area contributed by atoms with Gasteiger partial charge in [0.1, 0.15) is 0 Å². The molecule has 3 aliphatic carbocycles. The summed E-state index contributed by atoms with van der Waals surface area (Å²) in [4.78, 5) is 2.87. The Morgan fingerprint density at radius 3 is 1.89 bits per heavy atom. The minimum Gasteiger partial charge on any atom is -0.300 e. The first kappa shape index (κ1) is 13.0. The van der Waals surface area contributed by atoms with Crippen LogP contribution in [0.3, 0.4) is 0 Å². The van der Waals surface area contributed by atoms with Crippen LogP contribution in [0.5, 0.6) is 0 Å². The molecule has 0 amide bonds. The summed E-state index contributed by atoms with van der Waals surface area (Å²) in [7, 11) is 0. The van der Waals surface area contributed by atoms with Crippen molar-refractivity contribution in [2.24, 2.45) is 23.2 Å². The molecule has 1 saturated heterocycles. The standard InChI is InChI=1S/C17H31N/c1-17(2,3)15-8-10-18(11-9-15)16-12-13-4-6-14(16)7-5-13/h13-16H,4-12H2,1-3H3. The second-order valence-electron chi connectivity index (χ2n) is 8.26. The molecule has 1 atom stereocenters. The highest BCUT2D eigenvalue weighted by molar-refractivity contribution is 4.93. The van der Waals surface area contributed by atoms with E-state index in [0.29, 0.717) is 5.41 Å². The maximum Gasteiger partial charge on any atom is 0.0126 e. The molecule has 4 rings (SSSR count). The lowest BCUT2D eigenvalue weighted by molar-refractivity contribution is 0.00188. The van der Waals surface area contributed by atoms with Gasteiger partial charge in [0.05, 0.1) is 0 Å². The van der Waals surface area contributed by atoms with E-state index in [2.05, 4.69) is 25.7 Å². The van der Waals surface area contributed by atoms with Gasteiger partial charge in [0, 0.05) is 6.04 Å². The minimum atomic E-state index is 0.525. The van der Waals surface area contributed by atoms with E-state index in [1.54, 1.807) is 12.8 Å². The van der Waals surface area contributed by atoms with Gasteiger partial charge in [0.25, 0.3) is 0 Å². The molecule has 0 spiro atoms. The number of piperidine rings is 1. The molecule has 4 aliphatic rings. The van der Waals surface area contributed by atoms with Crippen molar-refractivity contribution in [2.45, 2.75) is 71.8 Å². The summed E-state index contributed by atoms with van der Waals surface area (Å²) in [6, 6.07) is 0.971. The molecule has 104 valence electrons. The zero-order valence-corrected chi connectivity index (χ0v) is 12.6. The van der Waals surface area contributed by atoms with E-state index >= 15 is 0 Å². The highest BCUT2D eigenvalue weighted by atomic mass is 15.2. The Bertz CT molecular complexity index is 274. The fourth-order valence-corrected chi connectivity index (χ4v) is 4.89. The number of hydrogen-bond acceptors (Lipinski definition) is 1. The summed E-state index contributed by atoms with van der Waals surface area (Å²) >= 11 is 0. The average Bonchev–Trinajstić information content (AvgIpc) is 2.39. The molecular weight excluding hydrogens is 218 g/mol.